The first-order chi connectivity index (χ1) is 25.9. The number of amides is 2. The quantitative estimate of drug-likeness (QED) is 0.182. The number of carboxylic acids is 1. The number of piperazine rings is 2. The van der Waals surface area contributed by atoms with Crippen LogP contribution in [0.15, 0.2) is 60.9 Å². The Morgan fingerprint density at radius 2 is 1.41 bits per heavy atom. The summed E-state index contributed by atoms with van der Waals surface area (Å²) < 4.78 is 21.6. The maximum Gasteiger partial charge on any atom is 0.410 e. The molecule has 5 heterocycles. The molecule has 2 amide bonds. The third kappa shape index (κ3) is 11.2. The van der Waals surface area contributed by atoms with Gasteiger partial charge in [0.25, 0.3) is 5.91 Å². The molecule has 54 heavy (non-hydrogen) atoms. The molecule has 2 saturated heterocycles. The molecule has 4 aromatic rings. The minimum absolute atomic E-state index is 0.163. The van der Waals surface area contributed by atoms with E-state index in [9.17, 15) is 14.4 Å². The van der Waals surface area contributed by atoms with Crippen LogP contribution in [0.1, 0.15) is 47.1 Å². The Labute approximate surface area is 313 Å². The molecule has 0 atom stereocenters. The van der Waals surface area contributed by atoms with Gasteiger partial charge in [-0.2, -0.15) is 0 Å². The molecule has 17 nitrogen and oxygen atoms in total. The number of aromatic carboxylic acids is 1. The number of H-pyrrole nitrogens is 1. The summed E-state index contributed by atoms with van der Waals surface area (Å²) in [6, 6.07) is 14.0. The second-order valence-corrected chi connectivity index (χ2v) is 13.4. The Morgan fingerprint density at radius 3 is 1.94 bits per heavy atom. The third-order valence-corrected chi connectivity index (χ3v) is 8.30. The normalized spacial score (nSPS) is 14.4. The van der Waals surface area contributed by atoms with Crippen molar-refractivity contribution in [1.82, 2.24) is 30.4 Å². The van der Waals surface area contributed by atoms with E-state index in [0.717, 1.165) is 37.6 Å². The second kappa shape index (κ2) is 18.1. The second-order valence-electron chi connectivity index (χ2n) is 13.4. The van der Waals surface area contributed by atoms with Gasteiger partial charge in [0.1, 0.15) is 41.2 Å². The number of aromatic amines is 1. The van der Waals surface area contributed by atoms with Gasteiger partial charge in [-0.3, -0.25) is 9.89 Å². The Bertz CT molecular complexity index is 1830. The highest BCUT2D eigenvalue weighted by atomic mass is 16.6. The van der Waals surface area contributed by atoms with Crippen LogP contribution < -0.4 is 34.6 Å². The fraction of sp³-hybridized carbons (Fsp3) is 0.405. The lowest BCUT2D eigenvalue weighted by Gasteiger charge is -2.36. The first-order valence-electron chi connectivity index (χ1n) is 17.5. The zero-order valence-corrected chi connectivity index (χ0v) is 31.1. The average Bonchev–Trinajstić information content (AvgIpc) is 3.64. The molecule has 2 aliphatic rings. The highest BCUT2D eigenvalue weighted by Gasteiger charge is 2.26. The van der Waals surface area contributed by atoms with Crippen molar-refractivity contribution in [3.05, 3.63) is 77.6 Å². The zero-order chi connectivity index (χ0) is 38.7. The van der Waals surface area contributed by atoms with Crippen LogP contribution >= 0.6 is 0 Å². The van der Waals surface area contributed by atoms with Gasteiger partial charge >= 0.3 is 12.1 Å². The van der Waals surface area contributed by atoms with Crippen LogP contribution in [0.2, 0.25) is 0 Å². The SMILES string of the molecule is CC(C)(C)OC(=O)N1CCN(c2ccc(C(=O)O)cn2)CC1.COc1cc(COc2cc(NC(=O)c3ccc(N4CCNCC4)nc3)[nH]n2)cc(OC)c1. The van der Waals surface area contributed by atoms with Gasteiger partial charge in [-0.05, 0) is 62.7 Å². The topological polar surface area (TPSA) is 197 Å². The van der Waals surface area contributed by atoms with Gasteiger partial charge in [-0.1, -0.05) is 0 Å². The fourth-order valence-corrected chi connectivity index (χ4v) is 5.49. The largest absolute Gasteiger partial charge is 0.497 e. The summed E-state index contributed by atoms with van der Waals surface area (Å²) in [5.41, 5.74) is 0.994. The molecule has 17 heteroatoms. The number of methoxy groups -OCH3 is 2. The summed E-state index contributed by atoms with van der Waals surface area (Å²) in [7, 11) is 3.19. The van der Waals surface area contributed by atoms with Crippen LogP contribution in [0.3, 0.4) is 0 Å². The summed E-state index contributed by atoms with van der Waals surface area (Å²) in [5, 5.41) is 21.8. The molecular formula is C37H47N9O8. The monoisotopic (exact) mass is 745 g/mol. The summed E-state index contributed by atoms with van der Waals surface area (Å²) in [6.45, 7) is 11.8. The molecule has 1 aromatic carbocycles. The molecule has 288 valence electrons. The van der Waals surface area contributed by atoms with Crippen LogP contribution in [-0.2, 0) is 11.3 Å². The van der Waals surface area contributed by atoms with Gasteiger partial charge in [-0.25, -0.2) is 19.6 Å². The maximum absolute atomic E-state index is 12.5. The van der Waals surface area contributed by atoms with E-state index in [4.69, 9.17) is 24.1 Å². The number of aromatic nitrogens is 4. The number of anilines is 3. The van der Waals surface area contributed by atoms with Crippen LogP contribution in [0.5, 0.6) is 17.4 Å². The Kier molecular flexibility index (Phi) is 13.1. The molecule has 2 fully saturated rings. The standard InChI is InChI=1S/C22H26N6O4.C15H21N3O4/c1-30-17-9-15(10-18(11-17)31-2)14-32-21-12-19(26-27-21)25-22(29)16-3-4-20(24-13-16)28-7-5-23-6-8-28;1-15(2,3)22-14(21)18-8-6-17(7-9-18)12-5-4-11(10-16-12)13(19)20/h3-4,9-13,23H,5-8,14H2,1-2H3,(H2,25,26,27,29);4-5,10H,6-9H2,1-3H3,(H,19,20). The average molecular weight is 746 g/mol. The Morgan fingerprint density at radius 1 is 0.815 bits per heavy atom. The number of carbonyl (C=O) groups is 3. The number of nitrogens with zero attached hydrogens (tertiary/aromatic N) is 6. The summed E-state index contributed by atoms with van der Waals surface area (Å²) in [4.78, 5) is 49.8. The van der Waals surface area contributed by atoms with E-state index >= 15 is 0 Å². The molecule has 6 rings (SSSR count). The molecule has 0 radical (unpaired) electrons. The van der Waals surface area contributed by atoms with E-state index in [2.05, 4.69) is 35.7 Å². The van der Waals surface area contributed by atoms with Gasteiger partial charge in [0.05, 0.1) is 25.3 Å². The van der Waals surface area contributed by atoms with Crippen molar-refractivity contribution in [3.8, 4) is 17.4 Å². The molecule has 0 bridgehead atoms. The maximum atomic E-state index is 12.5. The first kappa shape index (κ1) is 39.1. The van der Waals surface area contributed by atoms with Crippen LogP contribution in [0, 0.1) is 0 Å². The number of hydrogen-bond acceptors (Lipinski definition) is 13. The molecule has 0 unspecified atom stereocenters. The van der Waals surface area contributed by atoms with E-state index in [1.165, 1.54) is 12.3 Å². The van der Waals surface area contributed by atoms with Crippen molar-refractivity contribution < 1.29 is 38.4 Å². The smallest absolute Gasteiger partial charge is 0.410 e. The summed E-state index contributed by atoms with van der Waals surface area (Å²) in [5.74, 6) is 2.45. The molecule has 0 aliphatic carbocycles. The highest BCUT2D eigenvalue weighted by molar-refractivity contribution is 6.03. The molecule has 4 N–H and O–H groups in total. The van der Waals surface area contributed by atoms with Gasteiger partial charge in [-0.15, -0.1) is 5.10 Å². The minimum atomic E-state index is -0.992. The molecule has 0 saturated carbocycles. The predicted molar refractivity (Wildman–Crippen MR) is 201 cm³/mol. The number of pyridine rings is 2. The van der Waals surface area contributed by atoms with Gasteiger partial charge in [0, 0.05) is 76.9 Å². The fourth-order valence-electron chi connectivity index (χ4n) is 5.49. The van der Waals surface area contributed by atoms with Crippen molar-refractivity contribution in [2.24, 2.45) is 0 Å². The first-order valence-corrected chi connectivity index (χ1v) is 17.5. The van der Waals surface area contributed by atoms with Gasteiger partial charge in [0.2, 0.25) is 5.88 Å². The Balaban J connectivity index is 0.000000223. The van der Waals surface area contributed by atoms with Crippen molar-refractivity contribution in [1.29, 1.82) is 0 Å². The Hall–Kier alpha value is -6.10. The van der Waals surface area contributed by atoms with E-state index in [-0.39, 0.29) is 24.2 Å². The van der Waals surface area contributed by atoms with E-state index < -0.39 is 11.6 Å². The molecule has 2 aliphatic heterocycles. The van der Waals surface area contributed by atoms with E-state index in [1.54, 1.807) is 49.6 Å². The third-order valence-electron chi connectivity index (χ3n) is 8.30. The summed E-state index contributed by atoms with van der Waals surface area (Å²) >= 11 is 0. The highest BCUT2D eigenvalue weighted by Crippen LogP contribution is 2.24. The number of nitrogens with one attached hydrogen (secondary N) is 3. The van der Waals surface area contributed by atoms with Crippen LogP contribution in [0.25, 0.3) is 0 Å². The number of rotatable bonds is 10. The zero-order valence-electron chi connectivity index (χ0n) is 31.1. The molecule has 0 spiro atoms. The van der Waals surface area contributed by atoms with Crippen molar-refractivity contribution in [3.63, 3.8) is 0 Å². The van der Waals surface area contributed by atoms with Crippen LogP contribution in [0.4, 0.5) is 22.2 Å². The molecular weight excluding hydrogens is 698 g/mol. The van der Waals surface area contributed by atoms with Crippen molar-refractivity contribution >= 4 is 35.4 Å². The molecule has 3 aromatic heterocycles. The van der Waals surface area contributed by atoms with Gasteiger partial charge < -0.3 is 49.4 Å². The van der Waals surface area contributed by atoms with Crippen LogP contribution in [-0.4, -0.2) is 120 Å². The van der Waals surface area contributed by atoms with Gasteiger partial charge in [0.15, 0.2) is 0 Å². The lowest BCUT2D eigenvalue weighted by Crippen LogP contribution is -2.50. The predicted octanol–water partition coefficient (Wildman–Crippen LogP) is 3.90. The van der Waals surface area contributed by atoms with E-state index in [1.807, 2.05) is 43.9 Å². The van der Waals surface area contributed by atoms with Crippen molar-refractivity contribution in [2.75, 3.05) is 81.7 Å². The number of carbonyl (C=O) groups excluding carboxylic acids is 2. The lowest BCUT2D eigenvalue weighted by atomic mass is 10.2. The number of carboxylic acid groups (broad SMARTS) is 1. The number of hydrogen-bond donors (Lipinski definition) is 4. The summed E-state index contributed by atoms with van der Waals surface area (Å²) in [6.07, 6.45) is 2.62. The van der Waals surface area contributed by atoms with E-state index in [0.29, 0.717) is 60.8 Å². The van der Waals surface area contributed by atoms with Crippen molar-refractivity contribution in [2.45, 2.75) is 33.0 Å². The number of ether oxygens (including phenoxy) is 4. The minimum Gasteiger partial charge on any atom is -0.497 e. The lowest BCUT2D eigenvalue weighted by molar-refractivity contribution is 0.0240. The number of benzene rings is 1.